The molecule has 0 bridgehead atoms. The van der Waals surface area contributed by atoms with Crippen molar-refractivity contribution in [1.82, 2.24) is 9.97 Å². The first kappa shape index (κ1) is 15.8. The van der Waals surface area contributed by atoms with Crippen molar-refractivity contribution in [2.24, 2.45) is 0 Å². The van der Waals surface area contributed by atoms with Gasteiger partial charge in [0.1, 0.15) is 5.82 Å². The normalized spacial score (nSPS) is 10.8. The molecule has 0 unspecified atom stereocenters. The van der Waals surface area contributed by atoms with E-state index in [1.54, 1.807) is 6.07 Å². The first-order valence-electron chi connectivity index (χ1n) is 7.03. The number of ketones is 1. The number of aromatic nitrogens is 2. The highest BCUT2D eigenvalue weighted by Crippen LogP contribution is 2.19. The van der Waals surface area contributed by atoms with Crippen LogP contribution in [0.2, 0.25) is 0 Å². The standard InChI is InChI=1S/C17H18N2O3/c1-9(2)16-18-8-13(14(19-16)17(21)22)15(20)12-7-10(3)5-6-11(12)4/h5-9H,1-4H3,(H,21,22). The molecule has 2 aromatic rings. The zero-order valence-corrected chi connectivity index (χ0v) is 13.0. The predicted octanol–water partition coefficient (Wildman–Crippen LogP) is 3.15. The minimum Gasteiger partial charge on any atom is -0.476 e. The van der Waals surface area contributed by atoms with Crippen LogP contribution in [-0.2, 0) is 0 Å². The summed E-state index contributed by atoms with van der Waals surface area (Å²) in [6.45, 7) is 7.43. The van der Waals surface area contributed by atoms with Gasteiger partial charge in [-0.1, -0.05) is 31.5 Å². The molecular formula is C17H18N2O3. The molecule has 1 aromatic carbocycles. The summed E-state index contributed by atoms with van der Waals surface area (Å²) >= 11 is 0. The molecule has 0 atom stereocenters. The Labute approximate surface area is 129 Å². The van der Waals surface area contributed by atoms with Crippen molar-refractivity contribution < 1.29 is 14.7 Å². The summed E-state index contributed by atoms with van der Waals surface area (Å²) in [6, 6.07) is 5.49. The Balaban J connectivity index is 2.58. The second kappa shape index (κ2) is 6.05. The van der Waals surface area contributed by atoms with Crippen molar-refractivity contribution in [1.29, 1.82) is 0 Å². The van der Waals surface area contributed by atoms with Crippen LogP contribution in [0.15, 0.2) is 24.4 Å². The third kappa shape index (κ3) is 3.03. The van der Waals surface area contributed by atoms with Gasteiger partial charge in [0, 0.05) is 17.7 Å². The van der Waals surface area contributed by atoms with Gasteiger partial charge in [0.25, 0.3) is 0 Å². The van der Waals surface area contributed by atoms with Gasteiger partial charge in [-0.05, 0) is 25.5 Å². The van der Waals surface area contributed by atoms with Crippen LogP contribution in [0, 0.1) is 13.8 Å². The summed E-state index contributed by atoms with van der Waals surface area (Å²) in [5.41, 5.74) is 1.98. The molecule has 0 amide bonds. The maximum atomic E-state index is 12.7. The minimum absolute atomic E-state index is 0.0112. The molecule has 0 saturated carbocycles. The lowest BCUT2D eigenvalue weighted by molar-refractivity contribution is 0.0685. The molecule has 1 N–H and O–H groups in total. The molecule has 5 heteroatoms. The van der Waals surface area contributed by atoms with E-state index < -0.39 is 5.97 Å². The Hall–Kier alpha value is -2.56. The highest BCUT2D eigenvalue weighted by Gasteiger charge is 2.22. The first-order chi connectivity index (χ1) is 10.3. The van der Waals surface area contributed by atoms with Gasteiger partial charge in [0.2, 0.25) is 0 Å². The Bertz CT molecular complexity index is 752. The van der Waals surface area contributed by atoms with Gasteiger partial charge in [-0.2, -0.15) is 0 Å². The van der Waals surface area contributed by atoms with Crippen molar-refractivity contribution in [2.45, 2.75) is 33.6 Å². The fourth-order valence-corrected chi connectivity index (χ4v) is 2.13. The van der Waals surface area contributed by atoms with Crippen LogP contribution in [0.4, 0.5) is 0 Å². The summed E-state index contributed by atoms with van der Waals surface area (Å²) in [4.78, 5) is 32.3. The Morgan fingerprint density at radius 2 is 1.82 bits per heavy atom. The zero-order chi connectivity index (χ0) is 16.4. The molecule has 2 rings (SSSR count). The summed E-state index contributed by atoms with van der Waals surface area (Å²) in [7, 11) is 0. The Morgan fingerprint density at radius 3 is 2.41 bits per heavy atom. The molecule has 0 spiro atoms. The van der Waals surface area contributed by atoms with Crippen molar-refractivity contribution in [2.75, 3.05) is 0 Å². The molecule has 1 aromatic heterocycles. The van der Waals surface area contributed by atoms with Crippen molar-refractivity contribution >= 4 is 11.8 Å². The number of carbonyl (C=O) groups is 2. The van der Waals surface area contributed by atoms with Gasteiger partial charge in [0.05, 0.1) is 5.56 Å². The molecule has 1 heterocycles. The number of hydrogen-bond donors (Lipinski definition) is 1. The van der Waals surface area contributed by atoms with Crippen LogP contribution in [0.3, 0.4) is 0 Å². The number of aromatic carboxylic acids is 1. The number of hydrogen-bond acceptors (Lipinski definition) is 4. The number of rotatable bonds is 4. The average Bonchev–Trinajstić information content (AvgIpc) is 2.48. The number of nitrogens with zero attached hydrogens (tertiary/aromatic N) is 2. The van der Waals surface area contributed by atoms with E-state index in [1.807, 2.05) is 39.8 Å². The zero-order valence-electron chi connectivity index (χ0n) is 13.0. The van der Waals surface area contributed by atoms with Crippen molar-refractivity contribution in [3.8, 4) is 0 Å². The Kier molecular flexibility index (Phi) is 4.35. The number of carbonyl (C=O) groups excluding carboxylic acids is 1. The van der Waals surface area contributed by atoms with Crippen LogP contribution in [0.25, 0.3) is 0 Å². The molecule has 0 saturated heterocycles. The summed E-state index contributed by atoms with van der Waals surface area (Å²) < 4.78 is 0. The topological polar surface area (TPSA) is 80.2 Å². The molecular weight excluding hydrogens is 280 g/mol. The lowest BCUT2D eigenvalue weighted by Crippen LogP contribution is -2.16. The van der Waals surface area contributed by atoms with Gasteiger partial charge in [-0.25, -0.2) is 14.8 Å². The molecule has 22 heavy (non-hydrogen) atoms. The third-order valence-corrected chi connectivity index (χ3v) is 3.41. The highest BCUT2D eigenvalue weighted by atomic mass is 16.4. The van der Waals surface area contributed by atoms with E-state index in [9.17, 15) is 14.7 Å². The predicted molar refractivity (Wildman–Crippen MR) is 82.4 cm³/mol. The average molecular weight is 298 g/mol. The number of carboxylic acids is 1. The molecule has 5 nitrogen and oxygen atoms in total. The minimum atomic E-state index is -1.22. The van der Waals surface area contributed by atoms with E-state index >= 15 is 0 Å². The molecule has 0 radical (unpaired) electrons. The lowest BCUT2D eigenvalue weighted by Gasteiger charge is -2.10. The maximum absolute atomic E-state index is 12.7. The van der Waals surface area contributed by atoms with Gasteiger partial charge < -0.3 is 5.11 Å². The summed E-state index contributed by atoms with van der Waals surface area (Å²) in [5, 5.41) is 9.35. The molecule has 0 aliphatic heterocycles. The van der Waals surface area contributed by atoms with E-state index in [2.05, 4.69) is 9.97 Å². The number of benzene rings is 1. The van der Waals surface area contributed by atoms with Gasteiger partial charge in [0.15, 0.2) is 11.5 Å². The molecule has 0 aliphatic rings. The van der Waals surface area contributed by atoms with Crippen LogP contribution >= 0.6 is 0 Å². The van der Waals surface area contributed by atoms with E-state index in [0.717, 1.165) is 11.1 Å². The van der Waals surface area contributed by atoms with Crippen LogP contribution in [-0.4, -0.2) is 26.8 Å². The van der Waals surface area contributed by atoms with Gasteiger partial charge in [-0.3, -0.25) is 4.79 Å². The second-order valence-corrected chi connectivity index (χ2v) is 5.60. The number of carboxylic acid groups (broad SMARTS) is 1. The summed E-state index contributed by atoms with van der Waals surface area (Å²) in [6.07, 6.45) is 1.32. The van der Waals surface area contributed by atoms with E-state index in [1.165, 1.54) is 6.20 Å². The van der Waals surface area contributed by atoms with Gasteiger partial charge >= 0.3 is 5.97 Å². The first-order valence-corrected chi connectivity index (χ1v) is 7.03. The van der Waals surface area contributed by atoms with E-state index in [0.29, 0.717) is 11.4 Å². The van der Waals surface area contributed by atoms with E-state index in [-0.39, 0.29) is 23.0 Å². The van der Waals surface area contributed by atoms with Crippen LogP contribution < -0.4 is 0 Å². The largest absolute Gasteiger partial charge is 0.476 e. The molecule has 114 valence electrons. The molecule has 0 aliphatic carbocycles. The SMILES string of the molecule is Cc1ccc(C)c(C(=O)c2cnc(C(C)C)nc2C(=O)O)c1. The second-order valence-electron chi connectivity index (χ2n) is 5.60. The van der Waals surface area contributed by atoms with Gasteiger partial charge in [-0.15, -0.1) is 0 Å². The fourth-order valence-electron chi connectivity index (χ4n) is 2.13. The maximum Gasteiger partial charge on any atom is 0.355 e. The Morgan fingerprint density at radius 1 is 1.14 bits per heavy atom. The van der Waals surface area contributed by atoms with Crippen molar-refractivity contribution in [3.05, 3.63) is 58.2 Å². The fraction of sp³-hybridized carbons (Fsp3) is 0.294. The summed E-state index contributed by atoms with van der Waals surface area (Å²) in [5.74, 6) is -1.19. The molecule has 0 fully saturated rings. The number of aryl methyl sites for hydroxylation is 2. The monoisotopic (exact) mass is 298 g/mol. The quantitative estimate of drug-likeness (QED) is 0.877. The van der Waals surface area contributed by atoms with E-state index in [4.69, 9.17) is 0 Å². The highest BCUT2D eigenvalue weighted by molar-refractivity contribution is 6.14. The van der Waals surface area contributed by atoms with Crippen LogP contribution in [0.1, 0.15) is 63.1 Å². The smallest absolute Gasteiger partial charge is 0.355 e. The van der Waals surface area contributed by atoms with Crippen LogP contribution in [0.5, 0.6) is 0 Å². The van der Waals surface area contributed by atoms with Crippen molar-refractivity contribution in [3.63, 3.8) is 0 Å². The lowest BCUT2D eigenvalue weighted by atomic mass is 9.97. The third-order valence-electron chi connectivity index (χ3n) is 3.41.